The number of fused-ring (bicyclic) bond motifs is 1. The predicted molar refractivity (Wildman–Crippen MR) is 74.2 cm³/mol. The maximum atomic E-state index is 8.87. The standard InChI is InChI=1S/C15H13ClN2O/c16-13-8-11(5-4-10(13)9-17)18-14-2-1-3-15-12(14)6-7-19-15/h4-8,14,18H,1-3H2. The van der Waals surface area contributed by atoms with Gasteiger partial charge in [0.15, 0.2) is 0 Å². The van der Waals surface area contributed by atoms with E-state index in [0.29, 0.717) is 10.6 Å². The lowest BCUT2D eigenvalue weighted by Gasteiger charge is -2.23. The number of halogens is 1. The van der Waals surface area contributed by atoms with Gasteiger partial charge in [-0.2, -0.15) is 5.26 Å². The molecule has 1 unspecified atom stereocenters. The van der Waals surface area contributed by atoms with Gasteiger partial charge in [-0.15, -0.1) is 0 Å². The topological polar surface area (TPSA) is 49.0 Å². The molecule has 1 atom stereocenters. The highest BCUT2D eigenvalue weighted by Crippen LogP contribution is 2.33. The second kappa shape index (κ2) is 4.99. The van der Waals surface area contributed by atoms with Gasteiger partial charge in [-0.3, -0.25) is 0 Å². The van der Waals surface area contributed by atoms with Crippen LogP contribution >= 0.6 is 11.6 Å². The second-order valence-corrected chi connectivity index (χ2v) is 5.10. The number of furan rings is 1. The van der Waals surface area contributed by atoms with Gasteiger partial charge in [-0.1, -0.05) is 11.6 Å². The fourth-order valence-electron chi connectivity index (χ4n) is 2.53. The van der Waals surface area contributed by atoms with Gasteiger partial charge >= 0.3 is 0 Å². The largest absolute Gasteiger partial charge is 0.469 e. The summed E-state index contributed by atoms with van der Waals surface area (Å²) in [6.45, 7) is 0. The quantitative estimate of drug-likeness (QED) is 0.887. The molecule has 0 saturated carbocycles. The molecule has 3 nitrogen and oxygen atoms in total. The zero-order chi connectivity index (χ0) is 13.2. The Morgan fingerprint density at radius 2 is 2.26 bits per heavy atom. The van der Waals surface area contributed by atoms with Gasteiger partial charge in [0.2, 0.25) is 0 Å². The highest BCUT2D eigenvalue weighted by Gasteiger charge is 2.22. The Kier molecular flexibility index (Phi) is 3.18. The molecule has 1 aliphatic carbocycles. The monoisotopic (exact) mass is 272 g/mol. The maximum absolute atomic E-state index is 8.87. The van der Waals surface area contributed by atoms with Crippen LogP contribution in [0.3, 0.4) is 0 Å². The predicted octanol–water partition coefficient (Wildman–Crippen LogP) is 4.29. The Bertz CT molecular complexity index is 642. The Balaban J connectivity index is 1.84. The lowest BCUT2D eigenvalue weighted by molar-refractivity contribution is 0.461. The summed E-state index contributed by atoms with van der Waals surface area (Å²) in [5.74, 6) is 1.07. The number of nitriles is 1. The highest BCUT2D eigenvalue weighted by molar-refractivity contribution is 6.32. The molecule has 4 heteroatoms. The normalized spacial score (nSPS) is 17.6. The SMILES string of the molecule is N#Cc1ccc(NC2CCCc3occc32)cc1Cl. The minimum absolute atomic E-state index is 0.256. The number of aryl methyl sites for hydroxylation is 1. The zero-order valence-corrected chi connectivity index (χ0v) is 11.1. The van der Waals surface area contributed by atoms with Crippen LogP contribution in [0.1, 0.15) is 35.8 Å². The van der Waals surface area contributed by atoms with E-state index >= 15 is 0 Å². The van der Waals surface area contributed by atoms with E-state index < -0.39 is 0 Å². The average Bonchev–Trinajstić information content (AvgIpc) is 2.88. The van der Waals surface area contributed by atoms with E-state index in [1.807, 2.05) is 12.1 Å². The Labute approximate surface area is 116 Å². The molecule has 1 N–H and O–H groups in total. The first-order chi connectivity index (χ1) is 9.28. The Morgan fingerprint density at radius 3 is 3.05 bits per heavy atom. The molecule has 2 aromatic rings. The molecule has 19 heavy (non-hydrogen) atoms. The van der Waals surface area contributed by atoms with E-state index in [0.717, 1.165) is 30.7 Å². The van der Waals surface area contributed by atoms with Crippen LogP contribution in [-0.4, -0.2) is 0 Å². The summed E-state index contributed by atoms with van der Waals surface area (Å²) in [5, 5.41) is 12.8. The summed E-state index contributed by atoms with van der Waals surface area (Å²) < 4.78 is 5.48. The van der Waals surface area contributed by atoms with Crippen molar-refractivity contribution < 1.29 is 4.42 Å². The molecule has 1 aromatic heterocycles. The first-order valence-corrected chi connectivity index (χ1v) is 6.68. The highest BCUT2D eigenvalue weighted by atomic mass is 35.5. The van der Waals surface area contributed by atoms with Crippen molar-refractivity contribution in [2.45, 2.75) is 25.3 Å². The molecular weight excluding hydrogens is 260 g/mol. The lowest BCUT2D eigenvalue weighted by atomic mass is 9.93. The van der Waals surface area contributed by atoms with Crippen LogP contribution in [0, 0.1) is 11.3 Å². The molecule has 1 aliphatic rings. The molecule has 0 amide bonds. The van der Waals surface area contributed by atoms with Gasteiger partial charge in [-0.25, -0.2) is 0 Å². The molecule has 0 spiro atoms. The van der Waals surface area contributed by atoms with E-state index in [1.165, 1.54) is 5.56 Å². The molecular formula is C15H13ClN2O. The lowest BCUT2D eigenvalue weighted by Crippen LogP contribution is -2.15. The molecule has 0 bridgehead atoms. The third-order valence-electron chi connectivity index (χ3n) is 3.48. The Hall–Kier alpha value is -1.92. The minimum atomic E-state index is 0.256. The second-order valence-electron chi connectivity index (χ2n) is 4.69. The van der Waals surface area contributed by atoms with E-state index in [4.69, 9.17) is 21.3 Å². The zero-order valence-electron chi connectivity index (χ0n) is 10.3. The van der Waals surface area contributed by atoms with Crippen molar-refractivity contribution in [3.63, 3.8) is 0 Å². The summed E-state index contributed by atoms with van der Waals surface area (Å²) in [5.41, 5.74) is 2.66. The smallest absolute Gasteiger partial charge is 0.109 e. The van der Waals surface area contributed by atoms with Gasteiger partial charge in [0.05, 0.1) is 22.9 Å². The molecule has 0 saturated heterocycles. The van der Waals surface area contributed by atoms with Crippen LogP contribution in [0.2, 0.25) is 5.02 Å². The molecule has 0 aliphatic heterocycles. The first kappa shape index (κ1) is 12.1. The third kappa shape index (κ3) is 2.32. The van der Waals surface area contributed by atoms with Crippen LogP contribution in [0.25, 0.3) is 0 Å². The van der Waals surface area contributed by atoms with Crippen molar-refractivity contribution in [3.05, 3.63) is 52.4 Å². The van der Waals surface area contributed by atoms with E-state index in [9.17, 15) is 0 Å². The van der Waals surface area contributed by atoms with Crippen molar-refractivity contribution in [2.75, 3.05) is 5.32 Å². The van der Waals surface area contributed by atoms with Crippen LogP contribution < -0.4 is 5.32 Å². The number of rotatable bonds is 2. The fraction of sp³-hybridized carbons (Fsp3) is 0.267. The molecule has 1 heterocycles. The fourth-order valence-corrected chi connectivity index (χ4v) is 2.76. The van der Waals surface area contributed by atoms with Crippen LogP contribution in [0.15, 0.2) is 34.9 Å². The van der Waals surface area contributed by atoms with Crippen molar-refractivity contribution in [3.8, 4) is 6.07 Å². The molecule has 1 aromatic carbocycles. The third-order valence-corrected chi connectivity index (χ3v) is 3.80. The van der Waals surface area contributed by atoms with Crippen LogP contribution in [-0.2, 0) is 6.42 Å². The van der Waals surface area contributed by atoms with Gasteiger partial charge in [0.25, 0.3) is 0 Å². The van der Waals surface area contributed by atoms with E-state index in [-0.39, 0.29) is 6.04 Å². The van der Waals surface area contributed by atoms with Gasteiger partial charge in [-0.05, 0) is 37.1 Å². The number of nitrogens with zero attached hydrogens (tertiary/aromatic N) is 1. The van der Waals surface area contributed by atoms with Gasteiger partial charge in [0, 0.05) is 17.7 Å². The number of hydrogen-bond donors (Lipinski definition) is 1. The maximum Gasteiger partial charge on any atom is 0.109 e. The minimum Gasteiger partial charge on any atom is -0.469 e. The Morgan fingerprint density at radius 1 is 1.37 bits per heavy atom. The number of benzene rings is 1. The summed E-state index contributed by atoms with van der Waals surface area (Å²) in [6, 6.07) is 9.77. The molecule has 0 fully saturated rings. The van der Waals surface area contributed by atoms with E-state index in [1.54, 1.807) is 18.4 Å². The van der Waals surface area contributed by atoms with Crippen molar-refractivity contribution in [1.82, 2.24) is 0 Å². The summed E-state index contributed by atoms with van der Waals surface area (Å²) >= 11 is 6.05. The molecule has 0 radical (unpaired) electrons. The van der Waals surface area contributed by atoms with Crippen LogP contribution in [0.5, 0.6) is 0 Å². The first-order valence-electron chi connectivity index (χ1n) is 6.30. The van der Waals surface area contributed by atoms with Crippen molar-refractivity contribution >= 4 is 17.3 Å². The average molecular weight is 273 g/mol. The van der Waals surface area contributed by atoms with Crippen molar-refractivity contribution in [1.29, 1.82) is 5.26 Å². The van der Waals surface area contributed by atoms with Gasteiger partial charge in [0.1, 0.15) is 11.8 Å². The summed E-state index contributed by atoms with van der Waals surface area (Å²) in [7, 11) is 0. The number of anilines is 1. The van der Waals surface area contributed by atoms with Gasteiger partial charge < -0.3 is 9.73 Å². The van der Waals surface area contributed by atoms with Crippen LogP contribution in [0.4, 0.5) is 5.69 Å². The molecule has 96 valence electrons. The number of nitrogens with one attached hydrogen (secondary N) is 1. The van der Waals surface area contributed by atoms with E-state index in [2.05, 4.69) is 11.4 Å². The molecule has 3 rings (SSSR count). The summed E-state index contributed by atoms with van der Waals surface area (Å²) in [6.07, 6.45) is 4.94. The van der Waals surface area contributed by atoms with Crippen molar-refractivity contribution in [2.24, 2.45) is 0 Å². The summed E-state index contributed by atoms with van der Waals surface area (Å²) in [4.78, 5) is 0. The number of hydrogen-bond acceptors (Lipinski definition) is 3.